The molecule has 0 aliphatic rings. The summed E-state index contributed by atoms with van der Waals surface area (Å²) >= 11 is 6.02. The fraction of sp³-hybridized carbons (Fsp3) is 0.421. The normalized spacial score (nSPS) is 12.2. The molecule has 1 N–H and O–H groups in total. The number of hydrogen-bond donors (Lipinski definition) is 1. The molecule has 0 saturated carbocycles. The van der Waals surface area contributed by atoms with E-state index in [1.165, 1.54) is 0 Å². The van der Waals surface area contributed by atoms with Gasteiger partial charge in [0.1, 0.15) is 0 Å². The molecule has 0 radical (unpaired) electrons. The number of rotatable bonds is 8. The Kier molecular flexibility index (Phi) is 7.74. The van der Waals surface area contributed by atoms with E-state index in [1.807, 2.05) is 66.2 Å². The molecule has 0 fully saturated rings. The third-order valence-electron chi connectivity index (χ3n) is 4.19. The monoisotopic (exact) mass is 410 g/mol. The first-order valence-corrected chi connectivity index (χ1v) is 11.0. The minimum Gasteiger partial charge on any atom is -0.356 e. The Hall–Kier alpha value is -1.99. The molecule has 148 valence electrons. The summed E-state index contributed by atoms with van der Waals surface area (Å²) in [6, 6.07) is 11.2. The average Bonchev–Trinajstić information content (AvgIpc) is 2.92. The van der Waals surface area contributed by atoms with Crippen LogP contribution in [0.3, 0.4) is 0 Å². The van der Waals surface area contributed by atoms with Crippen LogP contribution in [-0.4, -0.2) is 50.2 Å². The maximum atomic E-state index is 12.2. The van der Waals surface area contributed by atoms with Gasteiger partial charge in [0.15, 0.2) is 15.8 Å². The summed E-state index contributed by atoms with van der Waals surface area (Å²) < 4.78 is 26.5. The van der Waals surface area contributed by atoms with Crippen molar-refractivity contribution in [3.63, 3.8) is 0 Å². The zero-order valence-electron chi connectivity index (χ0n) is 16.0. The number of aryl methyl sites for hydroxylation is 1. The number of hydrogen-bond acceptors (Lipinski definition) is 3. The van der Waals surface area contributed by atoms with Gasteiger partial charge in [-0.05, 0) is 18.1 Å². The van der Waals surface area contributed by atoms with E-state index in [4.69, 9.17) is 11.6 Å². The SMILES string of the molecule is CN=C(NCCCS(=O)(=O)Cc1ccccc1)N(C)Cc1cc(Cl)cn1C. The Morgan fingerprint density at radius 2 is 2.00 bits per heavy atom. The lowest BCUT2D eigenvalue weighted by molar-refractivity contribution is 0.462. The van der Waals surface area contributed by atoms with Crippen LogP contribution in [-0.2, 0) is 29.2 Å². The molecule has 0 aliphatic heterocycles. The molecule has 2 rings (SSSR count). The number of benzene rings is 1. The van der Waals surface area contributed by atoms with E-state index in [1.54, 1.807) is 7.05 Å². The Bertz CT molecular complexity index is 863. The van der Waals surface area contributed by atoms with Gasteiger partial charge in [0.25, 0.3) is 0 Å². The number of nitrogens with one attached hydrogen (secondary N) is 1. The van der Waals surface area contributed by atoms with Crippen molar-refractivity contribution in [3.8, 4) is 0 Å². The van der Waals surface area contributed by atoms with Gasteiger partial charge in [0.05, 0.1) is 23.1 Å². The molecule has 27 heavy (non-hydrogen) atoms. The number of halogens is 1. The number of aliphatic imine (C=N–C) groups is 1. The van der Waals surface area contributed by atoms with Crippen LogP contribution < -0.4 is 5.32 Å². The lowest BCUT2D eigenvalue weighted by atomic mass is 10.2. The summed E-state index contributed by atoms with van der Waals surface area (Å²) in [6.45, 7) is 1.19. The van der Waals surface area contributed by atoms with Crippen molar-refractivity contribution in [1.82, 2.24) is 14.8 Å². The van der Waals surface area contributed by atoms with E-state index in [0.717, 1.165) is 11.3 Å². The van der Waals surface area contributed by atoms with Crippen molar-refractivity contribution in [2.45, 2.75) is 18.7 Å². The summed E-state index contributed by atoms with van der Waals surface area (Å²) in [4.78, 5) is 6.24. The minimum absolute atomic E-state index is 0.0801. The van der Waals surface area contributed by atoms with Gasteiger partial charge in [-0.25, -0.2) is 8.42 Å². The highest BCUT2D eigenvalue weighted by Gasteiger charge is 2.13. The zero-order chi connectivity index (χ0) is 19.9. The van der Waals surface area contributed by atoms with Crippen LogP contribution in [0.2, 0.25) is 5.02 Å². The maximum Gasteiger partial charge on any atom is 0.193 e. The Labute approximate surface area is 166 Å². The van der Waals surface area contributed by atoms with Crippen molar-refractivity contribution in [2.75, 3.05) is 26.4 Å². The van der Waals surface area contributed by atoms with Gasteiger partial charge in [-0.2, -0.15) is 0 Å². The van der Waals surface area contributed by atoms with Crippen molar-refractivity contribution >= 4 is 27.4 Å². The number of sulfone groups is 1. The second kappa shape index (κ2) is 9.80. The second-order valence-corrected chi connectivity index (χ2v) is 9.14. The van der Waals surface area contributed by atoms with E-state index >= 15 is 0 Å². The van der Waals surface area contributed by atoms with Crippen LogP contribution in [0.5, 0.6) is 0 Å². The minimum atomic E-state index is -3.12. The van der Waals surface area contributed by atoms with E-state index in [-0.39, 0.29) is 11.5 Å². The molecule has 8 heteroatoms. The van der Waals surface area contributed by atoms with E-state index < -0.39 is 9.84 Å². The van der Waals surface area contributed by atoms with Crippen LogP contribution in [0, 0.1) is 0 Å². The third kappa shape index (κ3) is 6.92. The van der Waals surface area contributed by atoms with Crippen LogP contribution in [0.15, 0.2) is 47.6 Å². The van der Waals surface area contributed by atoms with Gasteiger partial charge in [-0.1, -0.05) is 41.9 Å². The summed E-state index contributed by atoms with van der Waals surface area (Å²) in [6.07, 6.45) is 2.39. The fourth-order valence-electron chi connectivity index (χ4n) is 2.82. The standard InChI is InChI=1S/C19H27ClN4O2S/c1-21-19(24(3)14-18-12-17(20)13-23(18)2)22-10-7-11-27(25,26)15-16-8-5-4-6-9-16/h4-6,8-9,12-13H,7,10-11,14-15H2,1-3H3,(H,21,22). The number of guanidine groups is 1. The molecule has 1 aromatic carbocycles. The highest BCUT2D eigenvalue weighted by Crippen LogP contribution is 2.14. The molecule has 2 aromatic rings. The van der Waals surface area contributed by atoms with Gasteiger partial charge in [0.2, 0.25) is 0 Å². The Balaban J connectivity index is 1.79. The van der Waals surface area contributed by atoms with Gasteiger partial charge >= 0.3 is 0 Å². The lowest BCUT2D eigenvalue weighted by Gasteiger charge is -2.22. The maximum absolute atomic E-state index is 12.2. The van der Waals surface area contributed by atoms with Crippen LogP contribution >= 0.6 is 11.6 Å². The fourth-order valence-corrected chi connectivity index (χ4v) is 4.52. The summed E-state index contributed by atoms with van der Waals surface area (Å²) in [5.74, 6) is 0.937. The molecule has 1 heterocycles. The molecule has 0 bridgehead atoms. The molecular weight excluding hydrogens is 384 g/mol. The van der Waals surface area contributed by atoms with Crippen molar-refractivity contribution in [2.24, 2.45) is 12.0 Å². The third-order valence-corrected chi connectivity index (χ3v) is 6.08. The lowest BCUT2D eigenvalue weighted by Crippen LogP contribution is -2.39. The zero-order valence-corrected chi connectivity index (χ0v) is 17.6. The van der Waals surface area contributed by atoms with Gasteiger partial charge in [-0.3, -0.25) is 4.99 Å². The largest absolute Gasteiger partial charge is 0.356 e. The van der Waals surface area contributed by atoms with Gasteiger partial charge < -0.3 is 14.8 Å². The van der Waals surface area contributed by atoms with E-state index in [0.29, 0.717) is 30.5 Å². The first-order valence-electron chi connectivity index (χ1n) is 8.77. The molecule has 0 spiro atoms. The highest BCUT2D eigenvalue weighted by atomic mass is 35.5. The summed E-state index contributed by atoms with van der Waals surface area (Å²) in [7, 11) is 2.47. The van der Waals surface area contributed by atoms with Crippen molar-refractivity contribution < 1.29 is 8.42 Å². The summed E-state index contributed by atoms with van der Waals surface area (Å²) in [5, 5.41) is 3.92. The Morgan fingerprint density at radius 3 is 2.59 bits per heavy atom. The van der Waals surface area contributed by atoms with Crippen LogP contribution in [0.1, 0.15) is 17.7 Å². The van der Waals surface area contributed by atoms with Gasteiger partial charge in [-0.15, -0.1) is 0 Å². The molecule has 0 saturated heterocycles. The first kappa shape index (κ1) is 21.3. The van der Waals surface area contributed by atoms with E-state index in [9.17, 15) is 8.42 Å². The molecule has 0 aliphatic carbocycles. The molecule has 0 amide bonds. The highest BCUT2D eigenvalue weighted by molar-refractivity contribution is 7.90. The smallest absolute Gasteiger partial charge is 0.193 e. The molecule has 1 aromatic heterocycles. The second-order valence-electron chi connectivity index (χ2n) is 6.52. The molecular formula is C19H27ClN4O2S. The first-order chi connectivity index (χ1) is 12.8. The van der Waals surface area contributed by atoms with Crippen molar-refractivity contribution in [3.05, 3.63) is 58.9 Å². The van der Waals surface area contributed by atoms with Crippen LogP contribution in [0.25, 0.3) is 0 Å². The quantitative estimate of drug-likeness (QED) is 0.412. The number of aromatic nitrogens is 1. The molecule has 0 atom stereocenters. The van der Waals surface area contributed by atoms with Crippen LogP contribution in [0.4, 0.5) is 0 Å². The number of nitrogens with zero attached hydrogens (tertiary/aromatic N) is 3. The van der Waals surface area contributed by atoms with E-state index in [2.05, 4.69) is 10.3 Å². The molecule has 6 nitrogen and oxygen atoms in total. The molecule has 0 unspecified atom stereocenters. The topological polar surface area (TPSA) is 66.7 Å². The Morgan fingerprint density at radius 1 is 1.30 bits per heavy atom. The van der Waals surface area contributed by atoms with Gasteiger partial charge in [0, 0.05) is 39.6 Å². The summed E-state index contributed by atoms with van der Waals surface area (Å²) in [5.41, 5.74) is 1.89. The predicted octanol–water partition coefficient (Wildman–Crippen LogP) is 2.69. The predicted molar refractivity (Wildman–Crippen MR) is 112 cm³/mol. The van der Waals surface area contributed by atoms with Crippen molar-refractivity contribution in [1.29, 1.82) is 0 Å². The average molecular weight is 411 g/mol.